The third-order valence-corrected chi connectivity index (χ3v) is 11.8. The van der Waals surface area contributed by atoms with E-state index in [1.165, 1.54) is 0 Å². The molecule has 11 unspecified atom stereocenters. The normalized spacial score (nSPS) is 45.3. The number of quaternary nitrogens is 1. The quantitative estimate of drug-likeness (QED) is 0.465. The van der Waals surface area contributed by atoms with Crippen LogP contribution in [-0.2, 0) is 28.5 Å². The van der Waals surface area contributed by atoms with Gasteiger partial charge in [-0.05, 0) is 82.5 Å². The summed E-state index contributed by atoms with van der Waals surface area (Å²) in [6, 6.07) is 1.05. The van der Waals surface area contributed by atoms with E-state index in [9.17, 15) is 9.59 Å². The Morgan fingerprint density at radius 1 is 0.925 bits per heavy atom. The Hall–Kier alpha value is -1.26. The summed E-state index contributed by atoms with van der Waals surface area (Å²) >= 11 is 0. The van der Waals surface area contributed by atoms with Crippen LogP contribution in [0.25, 0.3) is 0 Å². The van der Waals surface area contributed by atoms with Crippen molar-refractivity contribution in [2.45, 2.75) is 120 Å². The van der Waals surface area contributed by atoms with Crippen LogP contribution in [0.3, 0.4) is 0 Å². The topological polar surface area (TPSA) is 103 Å². The molecule has 3 saturated heterocycles. The maximum atomic E-state index is 14.2. The van der Waals surface area contributed by atoms with Crippen molar-refractivity contribution in [1.82, 2.24) is 10.2 Å². The van der Waals surface area contributed by atoms with Gasteiger partial charge in [-0.2, -0.15) is 0 Å². The van der Waals surface area contributed by atoms with Crippen molar-refractivity contribution in [3.63, 3.8) is 0 Å². The maximum Gasteiger partial charge on any atom is 0.248 e. The summed E-state index contributed by atoms with van der Waals surface area (Å²) in [6.45, 7) is 3.76. The average molecular weight is 563 g/mol. The lowest BCUT2D eigenvalue weighted by Gasteiger charge is -2.53. The Morgan fingerprint density at radius 2 is 1.70 bits per heavy atom. The highest BCUT2D eigenvalue weighted by molar-refractivity contribution is 5.82. The lowest BCUT2D eigenvalue weighted by Crippen LogP contribution is -2.99. The molecule has 0 radical (unpaired) electrons. The third kappa shape index (κ3) is 5.12. The highest BCUT2D eigenvalue weighted by Crippen LogP contribution is 2.53. The zero-order chi connectivity index (χ0) is 28.0. The fourth-order valence-corrected chi connectivity index (χ4v) is 9.94. The Labute approximate surface area is 239 Å². The Kier molecular flexibility index (Phi) is 8.76. The van der Waals surface area contributed by atoms with Gasteiger partial charge in [-0.3, -0.25) is 9.59 Å². The van der Waals surface area contributed by atoms with E-state index in [4.69, 9.17) is 18.9 Å². The minimum absolute atomic E-state index is 0.00437. The van der Waals surface area contributed by atoms with E-state index in [2.05, 4.69) is 15.5 Å². The molecule has 11 atom stereocenters. The molecule has 226 valence electrons. The summed E-state index contributed by atoms with van der Waals surface area (Å²) in [4.78, 5) is 29.5. The second kappa shape index (κ2) is 12.2. The van der Waals surface area contributed by atoms with Crippen LogP contribution in [0.1, 0.15) is 71.1 Å². The van der Waals surface area contributed by atoms with Gasteiger partial charge in [-0.15, -0.1) is 0 Å². The molecule has 3 saturated carbocycles. The highest BCUT2D eigenvalue weighted by Gasteiger charge is 2.66. The number of ether oxygens (including phenoxy) is 4. The molecule has 0 bridgehead atoms. The number of hydrogen-bond donors (Lipinski definition) is 2. The molecule has 0 aromatic carbocycles. The van der Waals surface area contributed by atoms with E-state index >= 15 is 0 Å². The van der Waals surface area contributed by atoms with Crippen LogP contribution in [0.5, 0.6) is 0 Å². The lowest BCUT2D eigenvalue weighted by molar-refractivity contribution is -0.713. The predicted octanol–water partition coefficient (Wildman–Crippen LogP) is 1.48. The van der Waals surface area contributed by atoms with Crippen LogP contribution in [0.2, 0.25) is 0 Å². The van der Waals surface area contributed by atoms with Crippen molar-refractivity contribution in [2.75, 3.05) is 34.4 Å². The summed E-state index contributed by atoms with van der Waals surface area (Å²) in [7, 11) is 5.28. The van der Waals surface area contributed by atoms with E-state index in [0.717, 1.165) is 77.3 Å². The number of hydrogen-bond acceptors (Lipinski definition) is 6. The number of nitrogens with zero attached hydrogens (tertiary/aromatic N) is 1. The second-order valence-electron chi connectivity index (χ2n) is 13.6. The van der Waals surface area contributed by atoms with Crippen LogP contribution >= 0.6 is 0 Å². The molecule has 6 aliphatic rings. The Bertz CT molecular complexity index is 912. The number of nitrogens with one attached hydrogen (secondary N) is 1. The van der Waals surface area contributed by atoms with Crippen molar-refractivity contribution >= 4 is 11.8 Å². The summed E-state index contributed by atoms with van der Waals surface area (Å²) < 4.78 is 23.7. The Morgan fingerprint density at radius 3 is 2.42 bits per heavy atom. The van der Waals surface area contributed by atoms with Gasteiger partial charge in [0, 0.05) is 46.3 Å². The van der Waals surface area contributed by atoms with Crippen molar-refractivity contribution in [3.8, 4) is 0 Å². The first-order valence-electron chi connectivity index (χ1n) is 16.1. The standard InChI is InChI=1S/C31H51N3O6/c1-17(30(35)33-16-18-5-7-19(37-2)8-6-18)40-20-9-11-24-23(15-20)21-13-14-32-27-22-10-12-25(38-3)29(39-4)26(22)31(36)34(24)28(21)27/h17-29,32H,5-16H2,1-4H3,(H,33,35)/p+1. The van der Waals surface area contributed by atoms with Gasteiger partial charge in [0.15, 0.2) is 0 Å². The SMILES string of the molecule is COC1CCC(CNC(=O)C(C)OC2CCC3C(C2)C2CC[NH2+]C4C5CCC(OC)C(OC)C5C(=O)N3C24)CC1. The van der Waals surface area contributed by atoms with Crippen LogP contribution in [-0.4, -0.2) is 99.8 Å². The zero-order valence-corrected chi connectivity index (χ0v) is 25.0. The summed E-state index contributed by atoms with van der Waals surface area (Å²) in [6.07, 6.45) is 10.2. The average Bonchev–Trinajstić information content (AvgIpc) is 3.32. The molecule has 0 aromatic rings. The fourth-order valence-electron chi connectivity index (χ4n) is 9.94. The number of amides is 2. The summed E-state index contributed by atoms with van der Waals surface area (Å²) in [5.74, 6) is 2.07. The number of fused-ring (bicyclic) bond motifs is 5. The van der Waals surface area contributed by atoms with Gasteiger partial charge < -0.3 is 34.5 Å². The van der Waals surface area contributed by atoms with Gasteiger partial charge in [0.1, 0.15) is 12.1 Å². The van der Waals surface area contributed by atoms with Crippen molar-refractivity contribution < 1.29 is 33.9 Å². The van der Waals surface area contributed by atoms with Gasteiger partial charge in [-0.25, -0.2) is 0 Å². The largest absolute Gasteiger partial charge is 0.381 e. The maximum absolute atomic E-state index is 14.2. The van der Waals surface area contributed by atoms with Gasteiger partial charge in [-0.1, -0.05) is 0 Å². The van der Waals surface area contributed by atoms with E-state index in [-0.39, 0.29) is 36.2 Å². The fraction of sp³-hybridized carbons (Fsp3) is 0.935. The number of methoxy groups -OCH3 is 3. The monoisotopic (exact) mass is 562 g/mol. The van der Waals surface area contributed by atoms with Crippen molar-refractivity contribution in [1.29, 1.82) is 0 Å². The molecule has 9 nitrogen and oxygen atoms in total. The second-order valence-corrected chi connectivity index (χ2v) is 13.6. The van der Waals surface area contributed by atoms with Crippen LogP contribution < -0.4 is 10.6 Å². The van der Waals surface area contributed by atoms with Gasteiger partial charge >= 0.3 is 0 Å². The van der Waals surface area contributed by atoms with E-state index in [1.807, 2.05) is 6.92 Å². The van der Waals surface area contributed by atoms with Gasteiger partial charge in [0.25, 0.3) is 0 Å². The molecule has 0 aromatic heterocycles. The van der Waals surface area contributed by atoms with E-state index < -0.39 is 6.10 Å². The molecule has 3 aliphatic carbocycles. The lowest BCUT2D eigenvalue weighted by atomic mass is 9.64. The van der Waals surface area contributed by atoms with Crippen molar-refractivity contribution in [2.24, 2.45) is 29.6 Å². The number of carbonyl (C=O) groups excluding carboxylic acids is 2. The molecule has 6 rings (SSSR count). The first-order valence-corrected chi connectivity index (χ1v) is 16.1. The molecule has 40 heavy (non-hydrogen) atoms. The number of rotatable bonds is 8. The van der Waals surface area contributed by atoms with E-state index in [0.29, 0.717) is 47.8 Å². The Balaban J connectivity index is 1.08. The molecule has 6 fully saturated rings. The van der Waals surface area contributed by atoms with Crippen molar-refractivity contribution in [3.05, 3.63) is 0 Å². The van der Waals surface area contributed by atoms with Gasteiger partial charge in [0.05, 0.1) is 42.9 Å². The predicted molar refractivity (Wildman–Crippen MR) is 148 cm³/mol. The molecule has 2 amide bonds. The summed E-state index contributed by atoms with van der Waals surface area (Å²) in [5, 5.41) is 5.70. The smallest absolute Gasteiger partial charge is 0.248 e. The molecule has 3 aliphatic heterocycles. The first kappa shape index (κ1) is 28.8. The minimum atomic E-state index is -0.453. The van der Waals surface area contributed by atoms with Crippen LogP contribution in [0.15, 0.2) is 0 Å². The van der Waals surface area contributed by atoms with E-state index in [1.54, 1.807) is 21.3 Å². The molecular formula is C31H52N3O6+. The first-order chi connectivity index (χ1) is 19.4. The third-order valence-electron chi connectivity index (χ3n) is 11.8. The van der Waals surface area contributed by atoms with Crippen LogP contribution in [0, 0.1) is 29.6 Å². The van der Waals surface area contributed by atoms with Gasteiger partial charge in [0.2, 0.25) is 11.8 Å². The number of carbonyl (C=O) groups is 2. The summed E-state index contributed by atoms with van der Waals surface area (Å²) in [5.41, 5.74) is 0. The molecular weight excluding hydrogens is 510 g/mol. The molecule has 3 heterocycles. The van der Waals surface area contributed by atoms with Crippen LogP contribution in [0.4, 0.5) is 0 Å². The zero-order valence-electron chi connectivity index (χ0n) is 25.0. The minimum Gasteiger partial charge on any atom is -0.381 e. The molecule has 0 spiro atoms. The molecule has 9 heteroatoms. The number of nitrogens with two attached hydrogens (primary N) is 1. The highest BCUT2D eigenvalue weighted by atomic mass is 16.5. The molecule has 3 N–H and O–H groups in total. The number of piperidine rings is 2.